The summed E-state index contributed by atoms with van der Waals surface area (Å²) in [6.45, 7) is 4.20. The highest BCUT2D eigenvalue weighted by molar-refractivity contribution is 4.93. The molecule has 1 fully saturated rings. The highest BCUT2D eigenvalue weighted by Gasteiger charge is 1.98. The van der Waals surface area contributed by atoms with Crippen molar-refractivity contribution in [2.24, 2.45) is 0 Å². The molecule has 94 valence electrons. The summed E-state index contributed by atoms with van der Waals surface area (Å²) in [5, 5.41) is 0. The Labute approximate surface area is 103 Å². The smallest absolute Gasteiger partial charge is 0.0323 e. The lowest BCUT2D eigenvalue weighted by atomic mass is 10.0. The van der Waals surface area contributed by atoms with Crippen molar-refractivity contribution in [3.05, 3.63) is 12.2 Å². The van der Waals surface area contributed by atoms with E-state index in [-0.39, 0.29) is 0 Å². The summed E-state index contributed by atoms with van der Waals surface area (Å²) < 4.78 is 0. The Morgan fingerprint density at radius 2 is 0.688 bits per heavy atom. The van der Waals surface area contributed by atoms with Crippen LogP contribution in [-0.4, -0.2) is 0 Å². The molecular weight excluding hydrogens is 192 g/mol. The van der Waals surface area contributed by atoms with E-state index in [2.05, 4.69) is 6.58 Å². The first-order valence-electron chi connectivity index (χ1n) is 7.56. The first-order valence-corrected chi connectivity index (χ1v) is 7.56. The molecule has 1 aliphatic rings. The molecular formula is C16H30. The van der Waals surface area contributed by atoms with Crippen LogP contribution in [0.1, 0.15) is 89.9 Å². The molecule has 1 rings (SSSR count). The Kier molecular flexibility index (Phi) is 8.57. The van der Waals surface area contributed by atoms with Crippen LogP contribution in [0.3, 0.4) is 0 Å². The van der Waals surface area contributed by atoms with Gasteiger partial charge in [0.25, 0.3) is 0 Å². The van der Waals surface area contributed by atoms with Crippen LogP contribution in [0, 0.1) is 0 Å². The van der Waals surface area contributed by atoms with Crippen molar-refractivity contribution in [3.63, 3.8) is 0 Å². The van der Waals surface area contributed by atoms with Crippen LogP contribution in [0.5, 0.6) is 0 Å². The summed E-state index contributed by atoms with van der Waals surface area (Å²) >= 11 is 0. The molecule has 0 N–H and O–H groups in total. The van der Waals surface area contributed by atoms with E-state index in [0.717, 1.165) is 0 Å². The van der Waals surface area contributed by atoms with Crippen molar-refractivity contribution < 1.29 is 0 Å². The Bertz CT molecular complexity index is 151. The molecule has 0 aromatic rings. The minimum atomic E-state index is 1.29. The van der Waals surface area contributed by atoms with Crippen LogP contribution < -0.4 is 0 Å². The molecule has 0 bridgehead atoms. The third-order valence-electron chi connectivity index (χ3n) is 3.81. The number of rotatable bonds is 0. The average Bonchev–Trinajstić information content (AvgIpc) is 2.29. The zero-order valence-corrected chi connectivity index (χ0v) is 11.1. The highest BCUT2D eigenvalue weighted by atomic mass is 14.0. The Morgan fingerprint density at radius 1 is 0.438 bits per heavy atom. The lowest BCUT2D eigenvalue weighted by molar-refractivity contribution is 0.548. The molecule has 0 heterocycles. The van der Waals surface area contributed by atoms with Gasteiger partial charge in [-0.25, -0.2) is 0 Å². The maximum absolute atomic E-state index is 4.20. The molecule has 0 aromatic heterocycles. The SMILES string of the molecule is C=C1CCCCCCCCCCCCCC1. The highest BCUT2D eigenvalue weighted by Crippen LogP contribution is 2.18. The number of hydrogen-bond acceptors (Lipinski definition) is 0. The van der Waals surface area contributed by atoms with Gasteiger partial charge in [-0.15, -0.1) is 0 Å². The normalized spacial score (nSPS) is 23.4. The third kappa shape index (κ3) is 7.96. The second kappa shape index (κ2) is 9.93. The molecule has 16 heavy (non-hydrogen) atoms. The third-order valence-corrected chi connectivity index (χ3v) is 3.81. The summed E-state index contributed by atoms with van der Waals surface area (Å²) in [6, 6.07) is 0. The van der Waals surface area contributed by atoms with E-state index in [4.69, 9.17) is 0 Å². The summed E-state index contributed by atoms with van der Waals surface area (Å²) in [6.07, 6.45) is 20.0. The topological polar surface area (TPSA) is 0 Å². The summed E-state index contributed by atoms with van der Waals surface area (Å²) in [5.74, 6) is 0. The summed E-state index contributed by atoms with van der Waals surface area (Å²) in [4.78, 5) is 0. The fourth-order valence-electron chi connectivity index (χ4n) is 2.64. The minimum absolute atomic E-state index is 1.29. The largest absolute Gasteiger partial charge is 0.0999 e. The first kappa shape index (κ1) is 13.8. The van der Waals surface area contributed by atoms with Crippen molar-refractivity contribution in [1.29, 1.82) is 0 Å². The first-order chi connectivity index (χ1) is 7.89. The van der Waals surface area contributed by atoms with Gasteiger partial charge in [0.05, 0.1) is 0 Å². The lowest BCUT2D eigenvalue weighted by Gasteiger charge is -2.05. The van der Waals surface area contributed by atoms with Gasteiger partial charge in [-0.1, -0.05) is 76.4 Å². The van der Waals surface area contributed by atoms with Gasteiger partial charge in [0.15, 0.2) is 0 Å². The predicted octanol–water partition coefficient (Wildman–Crippen LogP) is 6.02. The number of allylic oxidation sites excluding steroid dienone is 1. The van der Waals surface area contributed by atoms with Crippen molar-refractivity contribution in [3.8, 4) is 0 Å². The maximum Gasteiger partial charge on any atom is -0.0323 e. The minimum Gasteiger partial charge on any atom is -0.0999 e. The second-order valence-electron chi connectivity index (χ2n) is 5.49. The molecule has 0 nitrogen and oxygen atoms in total. The monoisotopic (exact) mass is 222 g/mol. The quantitative estimate of drug-likeness (QED) is 0.440. The van der Waals surface area contributed by atoms with E-state index in [0.29, 0.717) is 0 Å². The van der Waals surface area contributed by atoms with Gasteiger partial charge in [-0.2, -0.15) is 0 Å². The van der Waals surface area contributed by atoms with E-state index in [1.807, 2.05) is 0 Å². The van der Waals surface area contributed by atoms with Crippen LogP contribution >= 0.6 is 0 Å². The van der Waals surface area contributed by atoms with E-state index in [9.17, 15) is 0 Å². The van der Waals surface area contributed by atoms with E-state index < -0.39 is 0 Å². The second-order valence-corrected chi connectivity index (χ2v) is 5.49. The molecule has 0 saturated heterocycles. The van der Waals surface area contributed by atoms with Gasteiger partial charge in [0.2, 0.25) is 0 Å². The molecule has 1 aliphatic carbocycles. The fourth-order valence-corrected chi connectivity index (χ4v) is 2.64. The molecule has 0 amide bonds. The molecule has 0 aromatic carbocycles. The van der Waals surface area contributed by atoms with E-state index in [1.54, 1.807) is 0 Å². The van der Waals surface area contributed by atoms with Crippen LogP contribution in [-0.2, 0) is 0 Å². The van der Waals surface area contributed by atoms with Gasteiger partial charge < -0.3 is 0 Å². The Morgan fingerprint density at radius 3 is 1.00 bits per heavy atom. The zero-order chi connectivity index (χ0) is 11.5. The van der Waals surface area contributed by atoms with Crippen LogP contribution in [0.25, 0.3) is 0 Å². The van der Waals surface area contributed by atoms with E-state index in [1.165, 1.54) is 95.5 Å². The summed E-state index contributed by atoms with van der Waals surface area (Å²) in [5.41, 5.74) is 1.51. The van der Waals surface area contributed by atoms with E-state index >= 15 is 0 Å². The zero-order valence-electron chi connectivity index (χ0n) is 11.1. The molecule has 0 aliphatic heterocycles. The van der Waals surface area contributed by atoms with Crippen LogP contribution in [0.15, 0.2) is 12.2 Å². The average molecular weight is 222 g/mol. The van der Waals surface area contributed by atoms with Gasteiger partial charge in [0, 0.05) is 0 Å². The Balaban J connectivity index is 2.13. The predicted molar refractivity (Wildman–Crippen MR) is 73.8 cm³/mol. The molecule has 0 radical (unpaired) electrons. The van der Waals surface area contributed by atoms with Crippen molar-refractivity contribution in [2.75, 3.05) is 0 Å². The van der Waals surface area contributed by atoms with Crippen LogP contribution in [0.4, 0.5) is 0 Å². The Hall–Kier alpha value is -0.260. The standard InChI is InChI=1S/C16H30/c1-16-14-12-10-8-6-4-2-3-5-7-9-11-13-15-16/h1-15H2. The maximum atomic E-state index is 4.20. The molecule has 0 heteroatoms. The molecule has 0 atom stereocenters. The molecule has 1 saturated carbocycles. The van der Waals surface area contributed by atoms with Gasteiger partial charge >= 0.3 is 0 Å². The lowest BCUT2D eigenvalue weighted by Crippen LogP contribution is -1.85. The number of hydrogen-bond donors (Lipinski definition) is 0. The van der Waals surface area contributed by atoms with Gasteiger partial charge in [-0.05, 0) is 25.7 Å². The van der Waals surface area contributed by atoms with Crippen molar-refractivity contribution >= 4 is 0 Å². The molecule has 0 spiro atoms. The van der Waals surface area contributed by atoms with Crippen molar-refractivity contribution in [1.82, 2.24) is 0 Å². The van der Waals surface area contributed by atoms with Gasteiger partial charge in [0.1, 0.15) is 0 Å². The van der Waals surface area contributed by atoms with Crippen LogP contribution in [0.2, 0.25) is 0 Å². The van der Waals surface area contributed by atoms with Gasteiger partial charge in [-0.3, -0.25) is 0 Å². The fraction of sp³-hybridized carbons (Fsp3) is 0.875. The molecule has 0 unspecified atom stereocenters. The summed E-state index contributed by atoms with van der Waals surface area (Å²) in [7, 11) is 0. The van der Waals surface area contributed by atoms with Crippen molar-refractivity contribution in [2.45, 2.75) is 89.9 Å².